The average molecular weight is 214 g/mol. The third-order valence-corrected chi connectivity index (χ3v) is 2.27. The van der Waals surface area contributed by atoms with E-state index in [4.69, 9.17) is 4.42 Å². The van der Waals surface area contributed by atoms with E-state index in [-0.39, 0.29) is 0 Å². The summed E-state index contributed by atoms with van der Waals surface area (Å²) >= 11 is 0. The average Bonchev–Trinajstić information content (AvgIpc) is 2.59. The molecule has 2 aromatic rings. The quantitative estimate of drug-likeness (QED) is 0.698. The van der Waals surface area contributed by atoms with Crippen LogP contribution in [-0.4, -0.2) is 0 Å². The van der Waals surface area contributed by atoms with Gasteiger partial charge in [-0.05, 0) is 24.1 Å². The first-order valence-electron chi connectivity index (χ1n) is 4.60. The fraction of sp³-hybridized carbons (Fsp3) is 0.273. The molecule has 0 atom stereocenters. The van der Waals surface area contributed by atoms with Crippen LogP contribution in [0.1, 0.15) is 18.2 Å². The van der Waals surface area contributed by atoms with Gasteiger partial charge in [-0.15, -0.1) is 0 Å². The lowest BCUT2D eigenvalue weighted by Crippen LogP contribution is -2.01. The monoisotopic (exact) mass is 214 g/mol. The van der Waals surface area contributed by atoms with Gasteiger partial charge in [0, 0.05) is 5.39 Å². The van der Waals surface area contributed by atoms with Gasteiger partial charge in [0.15, 0.2) is 0 Å². The topological polar surface area (TPSA) is 13.1 Å². The smallest absolute Gasteiger partial charge is 0.449 e. The maximum absolute atomic E-state index is 12.3. The molecular formula is C11H9F3O. The van der Waals surface area contributed by atoms with Crippen LogP contribution >= 0.6 is 0 Å². The van der Waals surface area contributed by atoms with Crippen molar-refractivity contribution in [3.63, 3.8) is 0 Å². The van der Waals surface area contributed by atoms with Gasteiger partial charge in [0.1, 0.15) is 5.58 Å². The first-order chi connectivity index (χ1) is 7.00. The maximum atomic E-state index is 12.3. The van der Waals surface area contributed by atoms with Gasteiger partial charge < -0.3 is 4.42 Å². The molecule has 0 N–H and O–H groups in total. The van der Waals surface area contributed by atoms with Crippen LogP contribution in [0.2, 0.25) is 0 Å². The highest BCUT2D eigenvalue weighted by molar-refractivity contribution is 5.78. The van der Waals surface area contributed by atoms with Gasteiger partial charge in [-0.2, -0.15) is 13.2 Å². The zero-order valence-corrected chi connectivity index (χ0v) is 8.06. The molecule has 0 amide bonds. The fourth-order valence-electron chi connectivity index (χ4n) is 1.44. The van der Waals surface area contributed by atoms with Gasteiger partial charge >= 0.3 is 6.18 Å². The number of hydrogen-bond acceptors (Lipinski definition) is 1. The Kier molecular flexibility index (Phi) is 2.21. The minimum absolute atomic E-state index is 0.293. The van der Waals surface area contributed by atoms with E-state index in [9.17, 15) is 13.2 Å². The van der Waals surface area contributed by atoms with Crippen molar-refractivity contribution >= 4 is 11.0 Å². The Hall–Kier alpha value is -1.45. The number of rotatable bonds is 1. The SMILES string of the molecule is CCc1ccc2cc(C(F)(F)F)oc2c1. The molecule has 1 nitrogen and oxygen atoms in total. The van der Waals surface area contributed by atoms with Crippen molar-refractivity contribution in [2.24, 2.45) is 0 Å². The standard InChI is InChI=1S/C11H9F3O/c1-2-7-3-4-8-6-10(11(12,13)14)15-9(8)5-7/h3-6H,2H2,1H3. The number of furan rings is 1. The Bertz CT molecular complexity index is 482. The fourth-order valence-corrected chi connectivity index (χ4v) is 1.44. The van der Waals surface area contributed by atoms with Crippen molar-refractivity contribution in [1.29, 1.82) is 0 Å². The summed E-state index contributed by atoms with van der Waals surface area (Å²) in [6.07, 6.45) is -3.64. The number of alkyl halides is 3. The molecule has 80 valence electrons. The lowest BCUT2D eigenvalue weighted by Gasteiger charge is -1.99. The lowest BCUT2D eigenvalue weighted by atomic mass is 10.1. The highest BCUT2D eigenvalue weighted by Gasteiger charge is 2.35. The Morgan fingerprint density at radius 2 is 1.93 bits per heavy atom. The first kappa shape index (κ1) is 10.1. The summed E-state index contributed by atoms with van der Waals surface area (Å²) in [5.74, 6) is -0.939. The molecule has 2 rings (SSSR count). The van der Waals surface area contributed by atoms with Gasteiger partial charge in [0.2, 0.25) is 5.76 Å². The van der Waals surface area contributed by atoms with E-state index in [0.717, 1.165) is 18.1 Å². The van der Waals surface area contributed by atoms with Crippen LogP contribution in [-0.2, 0) is 12.6 Å². The van der Waals surface area contributed by atoms with E-state index in [1.807, 2.05) is 6.92 Å². The Balaban J connectivity index is 2.56. The van der Waals surface area contributed by atoms with E-state index in [1.54, 1.807) is 18.2 Å². The van der Waals surface area contributed by atoms with Crippen molar-refractivity contribution in [3.05, 3.63) is 35.6 Å². The van der Waals surface area contributed by atoms with Crippen LogP contribution in [0.4, 0.5) is 13.2 Å². The third kappa shape index (κ3) is 1.84. The number of aryl methyl sites for hydroxylation is 1. The summed E-state index contributed by atoms with van der Waals surface area (Å²) in [5, 5.41) is 0.486. The minimum atomic E-state index is -4.41. The zero-order chi connectivity index (χ0) is 11.1. The largest absolute Gasteiger partial charge is 0.451 e. The van der Waals surface area contributed by atoms with E-state index in [1.165, 1.54) is 0 Å². The van der Waals surface area contributed by atoms with E-state index in [2.05, 4.69) is 0 Å². The molecule has 0 aliphatic carbocycles. The van der Waals surface area contributed by atoms with Crippen molar-refractivity contribution in [2.75, 3.05) is 0 Å². The highest BCUT2D eigenvalue weighted by Crippen LogP contribution is 2.33. The molecule has 0 saturated carbocycles. The van der Waals surface area contributed by atoms with E-state index < -0.39 is 11.9 Å². The highest BCUT2D eigenvalue weighted by atomic mass is 19.4. The summed E-state index contributed by atoms with van der Waals surface area (Å²) < 4.78 is 41.7. The van der Waals surface area contributed by atoms with Crippen LogP contribution in [0.3, 0.4) is 0 Å². The normalized spacial score (nSPS) is 12.3. The molecular weight excluding hydrogens is 205 g/mol. The second-order valence-corrected chi connectivity index (χ2v) is 3.33. The van der Waals surface area contributed by atoms with Gasteiger partial charge in [0.25, 0.3) is 0 Å². The van der Waals surface area contributed by atoms with Crippen molar-refractivity contribution in [1.82, 2.24) is 0 Å². The molecule has 4 heteroatoms. The molecule has 1 aromatic carbocycles. The Morgan fingerprint density at radius 1 is 1.20 bits per heavy atom. The maximum Gasteiger partial charge on any atom is 0.449 e. The molecule has 0 fully saturated rings. The van der Waals surface area contributed by atoms with Gasteiger partial charge in [-0.1, -0.05) is 19.1 Å². The summed E-state index contributed by atoms with van der Waals surface area (Å²) in [5.41, 5.74) is 1.26. The molecule has 0 unspecified atom stereocenters. The molecule has 1 heterocycles. The Morgan fingerprint density at radius 3 is 2.53 bits per heavy atom. The van der Waals surface area contributed by atoms with E-state index >= 15 is 0 Å². The summed E-state index contributed by atoms with van der Waals surface area (Å²) in [6, 6.07) is 6.12. The second-order valence-electron chi connectivity index (χ2n) is 3.33. The number of fused-ring (bicyclic) bond motifs is 1. The second kappa shape index (κ2) is 3.29. The summed E-state index contributed by atoms with van der Waals surface area (Å²) in [4.78, 5) is 0. The molecule has 15 heavy (non-hydrogen) atoms. The van der Waals surface area contributed by atoms with Crippen molar-refractivity contribution in [3.8, 4) is 0 Å². The molecule has 0 radical (unpaired) electrons. The van der Waals surface area contributed by atoms with Crippen LogP contribution in [0, 0.1) is 0 Å². The van der Waals surface area contributed by atoms with Gasteiger partial charge in [0.05, 0.1) is 0 Å². The number of benzene rings is 1. The molecule has 0 aliphatic heterocycles. The van der Waals surface area contributed by atoms with E-state index in [0.29, 0.717) is 11.0 Å². The third-order valence-electron chi connectivity index (χ3n) is 2.27. The molecule has 0 saturated heterocycles. The predicted octanol–water partition coefficient (Wildman–Crippen LogP) is 4.01. The van der Waals surface area contributed by atoms with Crippen LogP contribution in [0.15, 0.2) is 28.7 Å². The molecule has 1 aromatic heterocycles. The summed E-state index contributed by atoms with van der Waals surface area (Å²) in [6.45, 7) is 1.94. The zero-order valence-electron chi connectivity index (χ0n) is 8.06. The number of halogens is 3. The molecule has 0 spiro atoms. The molecule has 0 aliphatic rings. The van der Waals surface area contributed by atoms with Gasteiger partial charge in [-0.25, -0.2) is 0 Å². The Labute approximate surface area is 84.5 Å². The van der Waals surface area contributed by atoms with Crippen molar-refractivity contribution < 1.29 is 17.6 Å². The minimum Gasteiger partial charge on any atom is -0.451 e. The molecule has 0 bridgehead atoms. The first-order valence-corrected chi connectivity index (χ1v) is 4.60. The predicted molar refractivity (Wildman–Crippen MR) is 50.6 cm³/mol. The van der Waals surface area contributed by atoms with Crippen molar-refractivity contribution in [2.45, 2.75) is 19.5 Å². The lowest BCUT2D eigenvalue weighted by molar-refractivity contribution is -0.152. The van der Waals surface area contributed by atoms with Crippen LogP contribution in [0.5, 0.6) is 0 Å². The van der Waals surface area contributed by atoms with Crippen LogP contribution < -0.4 is 0 Å². The van der Waals surface area contributed by atoms with Gasteiger partial charge in [-0.3, -0.25) is 0 Å². The van der Waals surface area contributed by atoms with Crippen LogP contribution in [0.25, 0.3) is 11.0 Å². The number of hydrogen-bond donors (Lipinski definition) is 0. The summed E-state index contributed by atoms with van der Waals surface area (Å²) in [7, 11) is 0.